The third-order valence-electron chi connectivity index (χ3n) is 5.56. The number of ether oxygens (including phenoxy) is 2. The van der Waals surface area contributed by atoms with Crippen molar-refractivity contribution in [1.29, 1.82) is 0 Å². The zero-order valence-electron chi connectivity index (χ0n) is 18.6. The molecular weight excluding hydrogens is 452 g/mol. The standard InChI is InChI=1S/C25H24N4O4S/c1-31-18-7-4-6-17(14-18)24-27-28-25(29(24)15-19-8-5-12-32-19)34-16-23(30)26-21-11-13-33-22-10-3-2-9-20(21)22/h2-10,12,14,21H,11,13,15-16H2,1H3,(H,26,30). The van der Waals surface area contributed by atoms with E-state index in [2.05, 4.69) is 15.5 Å². The zero-order valence-corrected chi connectivity index (χ0v) is 19.5. The molecule has 0 fully saturated rings. The number of thioether (sulfide) groups is 1. The summed E-state index contributed by atoms with van der Waals surface area (Å²) in [5.74, 6) is 3.16. The van der Waals surface area contributed by atoms with Crippen molar-refractivity contribution in [2.75, 3.05) is 19.5 Å². The fourth-order valence-electron chi connectivity index (χ4n) is 3.93. The van der Waals surface area contributed by atoms with Gasteiger partial charge in [0.2, 0.25) is 5.91 Å². The first-order valence-electron chi connectivity index (χ1n) is 10.9. The number of rotatable bonds is 8. The Morgan fingerprint density at radius 2 is 2.09 bits per heavy atom. The van der Waals surface area contributed by atoms with Crippen LogP contribution in [0.4, 0.5) is 0 Å². The Labute approximate surface area is 201 Å². The number of nitrogens with zero attached hydrogens (tertiary/aromatic N) is 3. The normalized spacial score (nSPS) is 14.8. The molecule has 1 atom stereocenters. The fourth-order valence-corrected chi connectivity index (χ4v) is 4.68. The Morgan fingerprint density at radius 3 is 2.94 bits per heavy atom. The molecule has 1 unspecified atom stereocenters. The number of furan rings is 1. The van der Waals surface area contributed by atoms with E-state index in [-0.39, 0.29) is 17.7 Å². The first-order chi connectivity index (χ1) is 16.7. The molecule has 2 aromatic carbocycles. The molecule has 0 spiro atoms. The molecule has 9 heteroatoms. The molecule has 0 aliphatic carbocycles. The summed E-state index contributed by atoms with van der Waals surface area (Å²) in [4.78, 5) is 12.8. The van der Waals surface area contributed by atoms with E-state index in [9.17, 15) is 4.79 Å². The molecule has 4 aromatic rings. The smallest absolute Gasteiger partial charge is 0.230 e. The summed E-state index contributed by atoms with van der Waals surface area (Å²) >= 11 is 1.35. The van der Waals surface area contributed by atoms with Crippen LogP contribution in [0.25, 0.3) is 11.4 Å². The maximum atomic E-state index is 12.8. The summed E-state index contributed by atoms with van der Waals surface area (Å²) in [5, 5.41) is 12.6. The Hall–Kier alpha value is -3.72. The highest BCUT2D eigenvalue weighted by molar-refractivity contribution is 7.99. The van der Waals surface area contributed by atoms with Crippen LogP contribution in [-0.2, 0) is 11.3 Å². The summed E-state index contributed by atoms with van der Waals surface area (Å²) in [6, 6.07) is 19.1. The molecule has 0 radical (unpaired) electrons. The van der Waals surface area contributed by atoms with Gasteiger partial charge in [0.15, 0.2) is 11.0 Å². The third kappa shape index (κ3) is 4.79. The lowest BCUT2D eigenvalue weighted by molar-refractivity contribution is -0.119. The van der Waals surface area contributed by atoms with E-state index in [4.69, 9.17) is 13.9 Å². The van der Waals surface area contributed by atoms with Crippen molar-refractivity contribution in [1.82, 2.24) is 20.1 Å². The van der Waals surface area contributed by atoms with E-state index < -0.39 is 0 Å². The zero-order chi connectivity index (χ0) is 23.3. The summed E-state index contributed by atoms with van der Waals surface area (Å²) in [6.45, 7) is 1.03. The van der Waals surface area contributed by atoms with Crippen LogP contribution in [0, 0.1) is 0 Å². The largest absolute Gasteiger partial charge is 0.497 e. The minimum Gasteiger partial charge on any atom is -0.497 e. The number of carbonyl (C=O) groups excluding carboxylic acids is 1. The van der Waals surface area contributed by atoms with Crippen molar-refractivity contribution in [2.24, 2.45) is 0 Å². The van der Waals surface area contributed by atoms with Crippen molar-refractivity contribution in [3.8, 4) is 22.9 Å². The van der Waals surface area contributed by atoms with E-state index in [1.807, 2.05) is 65.2 Å². The molecule has 1 amide bonds. The van der Waals surface area contributed by atoms with Crippen LogP contribution >= 0.6 is 11.8 Å². The predicted molar refractivity (Wildman–Crippen MR) is 128 cm³/mol. The molecule has 1 N–H and O–H groups in total. The maximum Gasteiger partial charge on any atom is 0.230 e. The van der Waals surface area contributed by atoms with E-state index in [0.29, 0.717) is 24.1 Å². The highest BCUT2D eigenvalue weighted by atomic mass is 32.2. The molecule has 1 aliphatic rings. The van der Waals surface area contributed by atoms with Gasteiger partial charge < -0.3 is 19.2 Å². The van der Waals surface area contributed by atoms with E-state index >= 15 is 0 Å². The summed E-state index contributed by atoms with van der Waals surface area (Å²) in [5.41, 5.74) is 1.88. The van der Waals surface area contributed by atoms with Gasteiger partial charge in [0.25, 0.3) is 0 Å². The molecule has 2 aromatic heterocycles. The average molecular weight is 477 g/mol. The van der Waals surface area contributed by atoms with Gasteiger partial charge in [0.05, 0.1) is 38.3 Å². The van der Waals surface area contributed by atoms with Crippen LogP contribution in [0.1, 0.15) is 23.8 Å². The van der Waals surface area contributed by atoms with Gasteiger partial charge >= 0.3 is 0 Å². The van der Waals surface area contributed by atoms with Crippen LogP contribution < -0.4 is 14.8 Å². The van der Waals surface area contributed by atoms with Gasteiger partial charge in [-0.25, -0.2) is 0 Å². The van der Waals surface area contributed by atoms with Gasteiger partial charge in [0, 0.05) is 17.5 Å². The molecule has 0 bridgehead atoms. The Kier molecular flexibility index (Phi) is 6.53. The third-order valence-corrected chi connectivity index (χ3v) is 6.53. The Balaban J connectivity index is 1.33. The number of para-hydroxylation sites is 1. The fraction of sp³-hybridized carbons (Fsp3) is 0.240. The van der Waals surface area contributed by atoms with Gasteiger partial charge in [-0.2, -0.15) is 0 Å². The number of methoxy groups -OCH3 is 1. The monoisotopic (exact) mass is 476 g/mol. The summed E-state index contributed by atoms with van der Waals surface area (Å²) in [7, 11) is 1.63. The minimum atomic E-state index is -0.0674. The van der Waals surface area contributed by atoms with E-state index in [1.54, 1.807) is 13.4 Å². The molecule has 8 nitrogen and oxygen atoms in total. The molecule has 5 rings (SSSR count). The first-order valence-corrected chi connectivity index (χ1v) is 11.9. The summed E-state index contributed by atoms with van der Waals surface area (Å²) in [6.07, 6.45) is 2.37. The SMILES string of the molecule is COc1cccc(-c2nnc(SCC(=O)NC3CCOc4ccccc43)n2Cc2ccco2)c1. The Bertz CT molecular complexity index is 1270. The van der Waals surface area contributed by atoms with Gasteiger partial charge in [-0.15, -0.1) is 10.2 Å². The van der Waals surface area contributed by atoms with Crippen LogP contribution in [0.15, 0.2) is 76.5 Å². The highest BCUT2D eigenvalue weighted by Crippen LogP contribution is 2.32. The van der Waals surface area contributed by atoms with Crippen molar-refractivity contribution >= 4 is 17.7 Å². The van der Waals surface area contributed by atoms with Gasteiger partial charge in [-0.3, -0.25) is 9.36 Å². The lowest BCUT2D eigenvalue weighted by Crippen LogP contribution is -2.33. The van der Waals surface area contributed by atoms with Crippen LogP contribution in [-0.4, -0.2) is 40.1 Å². The van der Waals surface area contributed by atoms with Crippen molar-refractivity contribution < 1.29 is 18.7 Å². The lowest BCUT2D eigenvalue weighted by Gasteiger charge is -2.26. The second-order valence-corrected chi connectivity index (χ2v) is 8.73. The number of benzene rings is 2. The number of amides is 1. The number of fused-ring (bicyclic) bond motifs is 1. The number of aromatic nitrogens is 3. The van der Waals surface area contributed by atoms with Crippen LogP contribution in [0.3, 0.4) is 0 Å². The Morgan fingerprint density at radius 1 is 1.18 bits per heavy atom. The predicted octanol–water partition coefficient (Wildman–Crippen LogP) is 4.33. The second-order valence-electron chi connectivity index (χ2n) is 7.79. The van der Waals surface area contributed by atoms with Crippen LogP contribution in [0.5, 0.6) is 11.5 Å². The van der Waals surface area contributed by atoms with Crippen LogP contribution in [0.2, 0.25) is 0 Å². The molecule has 34 heavy (non-hydrogen) atoms. The molecule has 174 valence electrons. The molecule has 1 aliphatic heterocycles. The highest BCUT2D eigenvalue weighted by Gasteiger charge is 2.23. The van der Waals surface area contributed by atoms with E-state index in [0.717, 1.165) is 34.8 Å². The van der Waals surface area contributed by atoms with Gasteiger partial charge in [0.1, 0.15) is 17.3 Å². The van der Waals surface area contributed by atoms with Crippen molar-refractivity contribution in [3.63, 3.8) is 0 Å². The van der Waals surface area contributed by atoms with Gasteiger partial charge in [-0.05, 0) is 30.3 Å². The first kappa shape index (κ1) is 22.1. The number of nitrogens with one attached hydrogen (secondary N) is 1. The number of hydrogen-bond acceptors (Lipinski definition) is 7. The lowest BCUT2D eigenvalue weighted by atomic mass is 10.0. The maximum absolute atomic E-state index is 12.8. The molecule has 0 saturated carbocycles. The van der Waals surface area contributed by atoms with Crippen molar-refractivity contribution in [3.05, 3.63) is 78.3 Å². The topological polar surface area (TPSA) is 91.4 Å². The van der Waals surface area contributed by atoms with Crippen molar-refractivity contribution in [2.45, 2.75) is 24.2 Å². The second kappa shape index (κ2) is 10.0. The summed E-state index contributed by atoms with van der Waals surface area (Å²) < 4.78 is 18.6. The minimum absolute atomic E-state index is 0.0635. The molecule has 3 heterocycles. The number of carbonyl (C=O) groups is 1. The van der Waals surface area contributed by atoms with Gasteiger partial charge in [-0.1, -0.05) is 42.1 Å². The van der Waals surface area contributed by atoms with E-state index in [1.165, 1.54) is 11.8 Å². The molecule has 0 saturated heterocycles. The molecular formula is C25H24N4O4S. The number of hydrogen-bond donors (Lipinski definition) is 1. The quantitative estimate of drug-likeness (QED) is 0.379. The average Bonchev–Trinajstić information content (AvgIpc) is 3.53.